The van der Waals surface area contributed by atoms with Gasteiger partial charge in [0.2, 0.25) is 0 Å². The van der Waals surface area contributed by atoms with Crippen LogP contribution in [0.4, 0.5) is 5.69 Å². The van der Waals surface area contributed by atoms with Gasteiger partial charge in [-0.15, -0.1) is 0 Å². The number of hydrogen-bond donors (Lipinski definition) is 1. The SMILES string of the molecule is CNC1CCN(S(=O)(=O)N2CCCC2)c2ccccc21. The van der Waals surface area contributed by atoms with E-state index in [2.05, 4.69) is 5.32 Å². The summed E-state index contributed by atoms with van der Waals surface area (Å²) in [5, 5.41) is 3.27. The van der Waals surface area contributed by atoms with Gasteiger partial charge in [-0.3, -0.25) is 4.31 Å². The van der Waals surface area contributed by atoms with Gasteiger partial charge in [0.15, 0.2) is 0 Å². The minimum absolute atomic E-state index is 0.233. The van der Waals surface area contributed by atoms with Crippen LogP contribution in [0.25, 0.3) is 0 Å². The molecule has 2 aliphatic rings. The van der Waals surface area contributed by atoms with Crippen molar-refractivity contribution in [3.05, 3.63) is 29.8 Å². The number of fused-ring (bicyclic) bond motifs is 1. The monoisotopic (exact) mass is 295 g/mol. The van der Waals surface area contributed by atoms with Gasteiger partial charge in [-0.1, -0.05) is 18.2 Å². The van der Waals surface area contributed by atoms with Gasteiger partial charge in [0.1, 0.15) is 0 Å². The van der Waals surface area contributed by atoms with E-state index in [9.17, 15) is 8.42 Å². The van der Waals surface area contributed by atoms with Crippen molar-refractivity contribution in [2.45, 2.75) is 25.3 Å². The van der Waals surface area contributed by atoms with Crippen LogP contribution in [0.1, 0.15) is 30.9 Å². The Morgan fingerprint density at radius 2 is 1.85 bits per heavy atom. The Kier molecular flexibility index (Phi) is 3.70. The van der Waals surface area contributed by atoms with E-state index < -0.39 is 10.2 Å². The topological polar surface area (TPSA) is 52.7 Å². The van der Waals surface area contributed by atoms with Gasteiger partial charge in [-0.05, 0) is 37.9 Å². The highest BCUT2D eigenvalue weighted by Gasteiger charge is 2.36. The molecule has 1 aromatic carbocycles. The van der Waals surface area contributed by atoms with Crippen molar-refractivity contribution in [1.82, 2.24) is 9.62 Å². The highest BCUT2D eigenvalue weighted by Crippen LogP contribution is 2.36. The predicted octanol–water partition coefficient (Wildman–Crippen LogP) is 1.50. The van der Waals surface area contributed by atoms with E-state index in [1.54, 1.807) is 8.61 Å². The van der Waals surface area contributed by atoms with Crippen molar-refractivity contribution >= 4 is 15.9 Å². The molecule has 1 aromatic rings. The lowest BCUT2D eigenvalue weighted by Gasteiger charge is -2.36. The zero-order chi connectivity index (χ0) is 14.2. The fourth-order valence-corrected chi connectivity index (χ4v) is 4.88. The van der Waals surface area contributed by atoms with Crippen LogP contribution in [0.5, 0.6) is 0 Å². The van der Waals surface area contributed by atoms with Gasteiger partial charge in [-0.25, -0.2) is 0 Å². The molecule has 1 saturated heterocycles. The Labute approximate surface area is 120 Å². The van der Waals surface area contributed by atoms with Gasteiger partial charge in [-0.2, -0.15) is 12.7 Å². The third-order valence-corrected chi connectivity index (χ3v) is 6.17. The Balaban J connectivity index is 1.99. The second kappa shape index (κ2) is 5.35. The van der Waals surface area contributed by atoms with E-state index in [0.29, 0.717) is 19.6 Å². The van der Waals surface area contributed by atoms with Crippen molar-refractivity contribution in [3.8, 4) is 0 Å². The second-order valence-corrected chi connectivity index (χ2v) is 7.23. The molecule has 1 atom stereocenters. The molecule has 3 rings (SSSR count). The highest BCUT2D eigenvalue weighted by atomic mass is 32.2. The maximum Gasteiger partial charge on any atom is 0.304 e. The van der Waals surface area contributed by atoms with Crippen LogP contribution < -0.4 is 9.62 Å². The summed E-state index contributed by atoms with van der Waals surface area (Å²) in [5.41, 5.74) is 1.90. The molecule has 1 unspecified atom stereocenters. The first kappa shape index (κ1) is 13.9. The van der Waals surface area contributed by atoms with Crippen LogP contribution in [-0.4, -0.2) is 39.4 Å². The van der Waals surface area contributed by atoms with Crippen molar-refractivity contribution < 1.29 is 8.42 Å². The minimum atomic E-state index is -3.37. The maximum absolute atomic E-state index is 12.8. The summed E-state index contributed by atoms with van der Waals surface area (Å²) < 4.78 is 28.8. The molecule has 0 spiro atoms. The lowest BCUT2D eigenvalue weighted by Crippen LogP contribution is -2.46. The van der Waals surface area contributed by atoms with Crippen molar-refractivity contribution in [2.75, 3.05) is 31.0 Å². The minimum Gasteiger partial charge on any atom is -0.313 e. The Hall–Kier alpha value is -1.11. The summed E-state index contributed by atoms with van der Waals surface area (Å²) in [6.07, 6.45) is 2.74. The molecule has 110 valence electrons. The largest absolute Gasteiger partial charge is 0.313 e. The summed E-state index contributed by atoms with van der Waals surface area (Å²) in [6, 6.07) is 8.03. The molecule has 0 bridgehead atoms. The average molecular weight is 295 g/mol. The zero-order valence-electron chi connectivity index (χ0n) is 11.7. The molecule has 0 aliphatic carbocycles. The van der Waals surface area contributed by atoms with Gasteiger partial charge >= 0.3 is 10.2 Å². The van der Waals surface area contributed by atoms with E-state index >= 15 is 0 Å². The fraction of sp³-hybridized carbons (Fsp3) is 0.571. The zero-order valence-corrected chi connectivity index (χ0v) is 12.6. The van der Waals surface area contributed by atoms with Crippen LogP contribution in [0, 0.1) is 0 Å². The first-order valence-electron chi connectivity index (χ1n) is 7.18. The van der Waals surface area contributed by atoms with Crippen LogP contribution in [0.3, 0.4) is 0 Å². The molecule has 1 N–H and O–H groups in total. The first-order valence-corrected chi connectivity index (χ1v) is 8.58. The summed E-state index contributed by atoms with van der Waals surface area (Å²) in [5.74, 6) is 0. The molecule has 6 heteroatoms. The van der Waals surface area contributed by atoms with Crippen LogP contribution in [0.15, 0.2) is 24.3 Å². The summed E-state index contributed by atoms with van der Waals surface area (Å²) in [4.78, 5) is 0. The Bertz CT molecular complexity index is 582. The van der Waals surface area contributed by atoms with E-state index in [1.807, 2.05) is 31.3 Å². The van der Waals surface area contributed by atoms with Crippen LogP contribution in [0.2, 0.25) is 0 Å². The van der Waals surface area contributed by atoms with E-state index in [4.69, 9.17) is 0 Å². The van der Waals surface area contributed by atoms with Gasteiger partial charge in [0.05, 0.1) is 5.69 Å². The third kappa shape index (κ3) is 2.21. The summed E-state index contributed by atoms with van der Waals surface area (Å²) >= 11 is 0. The van der Waals surface area contributed by atoms with Crippen molar-refractivity contribution in [1.29, 1.82) is 0 Å². The van der Waals surface area contributed by atoms with Gasteiger partial charge < -0.3 is 5.32 Å². The average Bonchev–Trinajstić information content (AvgIpc) is 3.01. The van der Waals surface area contributed by atoms with E-state index in [1.165, 1.54) is 0 Å². The first-order chi connectivity index (χ1) is 9.64. The molecule has 0 amide bonds. The molecule has 5 nitrogen and oxygen atoms in total. The molecule has 2 aliphatic heterocycles. The normalized spacial score (nSPS) is 23.9. The standard InChI is InChI=1S/C14H21N3O2S/c1-15-13-8-11-17(14-7-3-2-6-12(13)14)20(18,19)16-9-4-5-10-16/h2-3,6-7,13,15H,4-5,8-11H2,1H3. The number of benzene rings is 1. The van der Waals surface area contributed by atoms with E-state index in [0.717, 1.165) is 30.5 Å². The van der Waals surface area contributed by atoms with Gasteiger partial charge in [0.25, 0.3) is 0 Å². The number of anilines is 1. The number of nitrogens with zero attached hydrogens (tertiary/aromatic N) is 2. The summed E-state index contributed by atoms with van der Waals surface area (Å²) in [7, 11) is -1.45. The van der Waals surface area contributed by atoms with Crippen LogP contribution in [-0.2, 0) is 10.2 Å². The van der Waals surface area contributed by atoms with Crippen molar-refractivity contribution in [3.63, 3.8) is 0 Å². The highest BCUT2D eigenvalue weighted by molar-refractivity contribution is 7.90. The second-order valence-electron chi connectivity index (χ2n) is 5.37. The Morgan fingerprint density at radius 1 is 1.15 bits per heavy atom. The smallest absolute Gasteiger partial charge is 0.304 e. The van der Waals surface area contributed by atoms with Gasteiger partial charge in [0, 0.05) is 25.7 Å². The quantitative estimate of drug-likeness (QED) is 0.919. The van der Waals surface area contributed by atoms with Crippen molar-refractivity contribution in [2.24, 2.45) is 0 Å². The van der Waals surface area contributed by atoms with E-state index in [-0.39, 0.29) is 6.04 Å². The molecular formula is C14H21N3O2S. The molecule has 2 heterocycles. The predicted molar refractivity (Wildman–Crippen MR) is 79.9 cm³/mol. The number of hydrogen-bond acceptors (Lipinski definition) is 3. The molecule has 1 fully saturated rings. The maximum atomic E-state index is 12.8. The molecule has 0 saturated carbocycles. The fourth-order valence-electron chi connectivity index (χ4n) is 3.13. The molecule has 0 radical (unpaired) electrons. The van der Waals surface area contributed by atoms with Crippen LogP contribution >= 0.6 is 0 Å². The molecular weight excluding hydrogens is 274 g/mol. The lowest BCUT2D eigenvalue weighted by molar-refractivity contribution is 0.463. The molecule has 0 aromatic heterocycles. The molecule has 20 heavy (non-hydrogen) atoms. The number of para-hydroxylation sites is 1. The number of rotatable bonds is 3. The lowest BCUT2D eigenvalue weighted by atomic mass is 9.98. The number of nitrogens with one attached hydrogen (secondary N) is 1. The Morgan fingerprint density at radius 3 is 2.55 bits per heavy atom. The summed E-state index contributed by atoms with van der Waals surface area (Å²) in [6.45, 7) is 1.84. The third-order valence-electron chi connectivity index (χ3n) is 4.22.